The van der Waals surface area contributed by atoms with Gasteiger partial charge in [0.15, 0.2) is 11.5 Å². The summed E-state index contributed by atoms with van der Waals surface area (Å²) in [6.07, 6.45) is 3.81. The van der Waals surface area contributed by atoms with Crippen LogP contribution in [0, 0.1) is 0 Å². The van der Waals surface area contributed by atoms with Crippen molar-refractivity contribution in [1.82, 2.24) is 9.55 Å². The van der Waals surface area contributed by atoms with E-state index in [9.17, 15) is 0 Å². The Bertz CT molecular complexity index is 619. The minimum absolute atomic E-state index is 0.584. The molecule has 5 heteroatoms. The molecule has 106 valence electrons. The Kier molecular flexibility index (Phi) is 3.04. The zero-order valence-electron chi connectivity index (χ0n) is 12.0. The Labute approximate surface area is 118 Å². The molecule has 20 heavy (non-hydrogen) atoms. The summed E-state index contributed by atoms with van der Waals surface area (Å²) in [5.41, 5.74) is 0.996. The molecule has 0 radical (unpaired) electrons. The fraction of sp³-hybridized carbons (Fsp3) is 0.400. The molecule has 0 bridgehead atoms. The van der Waals surface area contributed by atoms with E-state index in [1.165, 1.54) is 0 Å². The molecule has 1 aliphatic rings. The number of aromatic nitrogens is 2. The lowest BCUT2D eigenvalue weighted by Gasteiger charge is -2.16. The normalized spacial score (nSPS) is 15.3. The highest BCUT2D eigenvalue weighted by Gasteiger charge is 2.31. The van der Waals surface area contributed by atoms with Gasteiger partial charge in [-0.3, -0.25) is 0 Å². The molecule has 1 aliphatic heterocycles. The van der Waals surface area contributed by atoms with Crippen molar-refractivity contribution in [3.05, 3.63) is 36.4 Å². The molecule has 0 unspecified atom stereocenters. The summed E-state index contributed by atoms with van der Waals surface area (Å²) in [5.74, 6) is 2.00. The van der Waals surface area contributed by atoms with Crippen LogP contribution in [0.5, 0.6) is 11.5 Å². The number of rotatable bonds is 4. The molecular formula is C15H19N3O2. The second kappa shape index (κ2) is 4.74. The maximum absolute atomic E-state index is 5.73. The van der Waals surface area contributed by atoms with Crippen LogP contribution in [0.2, 0.25) is 0 Å². The van der Waals surface area contributed by atoms with Crippen LogP contribution in [0.25, 0.3) is 0 Å². The van der Waals surface area contributed by atoms with Crippen LogP contribution in [-0.4, -0.2) is 15.3 Å². The fourth-order valence-electron chi connectivity index (χ4n) is 2.31. The Balaban J connectivity index is 1.71. The molecule has 2 heterocycles. The summed E-state index contributed by atoms with van der Waals surface area (Å²) in [4.78, 5) is 4.34. The Hall–Kier alpha value is -2.17. The average molecular weight is 273 g/mol. The highest BCUT2D eigenvalue weighted by Crippen LogP contribution is 2.40. The van der Waals surface area contributed by atoms with Gasteiger partial charge < -0.3 is 19.4 Å². The van der Waals surface area contributed by atoms with Gasteiger partial charge in [0.1, 0.15) is 5.82 Å². The molecule has 0 saturated heterocycles. The first-order valence-electron chi connectivity index (χ1n) is 6.83. The van der Waals surface area contributed by atoms with Crippen molar-refractivity contribution >= 4 is 5.69 Å². The molecule has 0 amide bonds. The minimum Gasteiger partial charge on any atom is -0.449 e. The smallest absolute Gasteiger partial charge is 0.246 e. The standard InChI is InChI=1S/C15H19N3O2/c1-4-18-8-7-16-14(18)10-17-11-5-6-12-13(9-11)20-15(2,3)19-12/h5-9,17H,4,10H2,1-3H3. The summed E-state index contributed by atoms with van der Waals surface area (Å²) in [6.45, 7) is 7.51. The van der Waals surface area contributed by atoms with Crippen LogP contribution in [0.1, 0.15) is 26.6 Å². The van der Waals surface area contributed by atoms with E-state index in [4.69, 9.17) is 9.47 Å². The van der Waals surface area contributed by atoms with E-state index >= 15 is 0 Å². The monoisotopic (exact) mass is 273 g/mol. The summed E-state index contributed by atoms with van der Waals surface area (Å²) < 4.78 is 13.5. The number of benzene rings is 1. The quantitative estimate of drug-likeness (QED) is 0.930. The van der Waals surface area contributed by atoms with E-state index in [2.05, 4.69) is 21.8 Å². The predicted octanol–water partition coefficient (Wildman–Crippen LogP) is 3.02. The van der Waals surface area contributed by atoms with Crippen molar-refractivity contribution in [2.75, 3.05) is 5.32 Å². The molecule has 0 spiro atoms. The maximum atomic E-state index is 5.73. The lowest BCUT2D eigenvalue weighted by atomic mass is 10.3. The van der Waals surface area contributed by atoms with Gasteiger partial charge in [0.25, 0.3) is 0 Å². The van der Waals surface area contributed by atoms with E-state index < -0.39 is 5.79 Å². The predicted molar refractivity (Wildman–Crippen MR) is 77.0 cm³/mol. The van der Waals surface area contributed by atoms with Gasteiger partial charge in [-0.1, -0.05) is 0 Å². The highest BCUT2D eigenvalue weighted by molar-refractivity contribution is 5.56. The summed E-state index contributed by atoms with van der Waals surface area (Å²) in [6, 6.07) is 5.88. The minimum atomic E-state index is -0.584. The molecule has 0 atom stereocenters. The van der Waals surface area contributed by atoms with E-state index in [-0.39, 0.29) is 0 Å². The zero-order valence-corrected chi connectivity index (χ0v) is 12.0. The molecular weight excluding hydrogens is 254 g/mol. The zero-order chi connectivity index (χ0) is 14.2. The van der Waals surface area contributed by atoms with E-state index in [0.29, 0.717) is 6.54 Å². The third kappa shape index (κ3) is 2.43. The molecule has 0 fully saturated rings. The third-order valence-electron chi connectivity index (χ3n) is 3.25. The van der Waals surface area contributed by atoms with Crippen molar-refractivity contribution < 1.29 is 9.47 Å². The lowest BCUT2D eigenvalue weighted by Crippen LogP contribution is -2.29. The van der Waals surface area contributed by atoms with E-state index in [1.807, 2.05) is 44.4 Å². The Morgan fingerprint density at radius 2 is 2.05 bits per heavy atom. The van der Waals surface area contributed by atoms with Crippen LogP contribution in [0.4, 0.5) is 5.69 Å². The van der Waals surface area contributed by atoms with Crippen LogP contribution in [0.15, 0.2) is 30.6 Å². The molecule has 5 nitrogen and oxygen atoms in total. The Morgan fingerprint density at radius 3 is 2.85 bits per heavy atom. The number of nitrogens with one attached hydrogen (secondary N) is 1. The van der Waals surface area contributed by atoms with Gasteiger partial charge in [-0.2, -0.15) is 0 Å². The highest BCUT2D eigenvalue weighted by atomic mass is 16.7. The Morgan fingerprint density at radius 1 is 1.25 bits per heavy atom. The van der Waals surface area contributed by atoms with Crippen molar-refractivity contribution in [2.45, 2.75) is 39.6 Å². The SMILES string of the molecule is CCn1ccnc1CNc1ccc2c(c1)OC(C)(C)O2. The van der Waals surface area contributed by atoms with Crippen molar-refractivity contribution in [3.8, 4) is 11.5 Å². The van der Waals surface area contributed by atoms with E-state index in [0.717, 1.165) is 29.6 Å². The number of ether oxygens (including phenoxy) is 2. The fourth-order valence-corrected chi connectivity index (χ4v) is 2.31. The first kappa shape index (κ1) is 12.8. The second-order valence-electron chi connectivity index (χ2n) is 5.25. The van der Waals surface area contributed by atoms with Gasteiger partial charge in [-0.15, -0.1) is 0 Å². The molecule has 3 rings (SSSR count). The molecule has 1 aromatic heterocycles. The number of anilines is 1. The van der Waals surface area contributed by atoms with Crippen molar-refractivity contribution in [2.24, 2.45) is 0 Å². The topological polar surface area (TPSA) is 48.3 Å². The maximum Gasteiger partial charge on any atom is 0.246 e. The summed E-state index contributed by atoms with van der Waals surface area (Å²) in [5, 5.41) is 3.36. The summed E-state index contributed by atoms with van der Waals surface area (Å²) >= 11 is 0. The van der Waals surface area contributed by atoms with Crippen LogP contribution >= 0.6 is 0 Å². The number of hydrogen-bond donors (Lipinski definition) is 1. The van der Waals surface area contributed by atoms with Crippen LogP contribution < -0.4 is 14.8 Å². The number of hydrogen-bond acceptors (Lipinski definition) is 4. The van der Waals surface area contributed by atoms with Gasteiger partial charge in [0.2, 0.25) is 5.79 Å². The van der Waals surface area contributed by atoms with Crippen molar-refractivity contribution in [3.63, 3.8) is 0 Å². The molecule has 0 aliphatic carbocycles. The van der Waals surface area contributed by atoms with Gasteiger partial charge in [-0.25, -0.2) is 4.98 Å². The number of fused-ring (bicyclic) bond motifs is 1. The van der Waals surface area contributed by atoms with Gasteiger partial charge in [0.05, 0.1) is 6.54 Å². The first-order valence-corrected chi connectivity index (χ1v) is 6.83. The third-order valence-corrected chi connectivity index (χ3v) is 3.25. The van der Waals surface area contributed by atoms with Gasteiger partial charge in [-0.05, 0) is 19.1 Å². The molecule has 1 N–H and O–H groups in total. The number of aryl methyl sites for hydroxylation is 1. The number of imidazole rings is 1. The van der Waals surface area contributed by atoms with Crippen molar-refractivity contribution in [1.29, 1.82) is 0 Å². The molecule has 2 aromatic rings. The van der Waals surface area contributed by atoms with E-state index in [1.54, 1.807) is 0 Å². The lowest BCUT2D eigenvalue weighted by molar-refractivity contribution is -0.0431. The van der Waals surface area contributed by atoms with Crippen LogP contribution in [0.3, 0.4) is 0 Å². The van der Waals surface area contributed by atoms with Gasteiger partial charge in [0, 0.05) is 44.5 Å². The largest absolute Gasteiger partial charge is 0.449 e. The second-order valence-corrected chi connectivity index (χ2v) is 5.25. The van der Waals surface area contributed by atoms with Gasteiger partial charge >= 0.3 is 0 Å². The summed E-state index contributed by atoms with van der Waals surface area (Å²) in [7, 11) is 0. The number of nitrogens with zero attached hydrogens (tertiary/aromatic N) is 2. The van der Waals surface area contributed by atoms with Crippen LogP contribution in [-0.2, 0) is 13.1 Å². The first-order chi connectivity index (χ1) is 9.57. The average Bonchev–Trinajstić information content (AvgIpc) is 2.97. The molecule has 1 aromatic carbocycles. The molecule has 0 saturated carbocycles.